The molecular weight excluding hydrogens is 301 g/mol. The first-order chi connectivity index (χ1) is 10.3. The van der Waals surface area contributed by atoms with Crippen molar-refractivity contribution in [3.63, 3.8) is 0 Å². The van der Waals surface area contributed by atoms with Gasteiger partial charge in [-0.25, -0.2) is 4.98 Å². The zero-order valence-electron chi connectivity index (χ0n) is 11.1. The maximum absolute atomic E-state index is 12.5. The van der Waals surface area contributed by atoms with Crippen LogP contribution < -0.4 is 11.0 Å². The molecule has 0 amide bonds. The summed E-state index contributed by atoms with van der Waals surface area (Å²) in [6, 6.07) is 0. The lowest BCUT2D eigenvalue weighted by molar-refractivity contribution is -0.416. The summed E-state index contributed by atoms with van der Waals surface area (Å²) in [5.41, 5.74) is 0.698. The Balaban J connectivity index is 1.97. The molecular formula is C14H9F3N2O3. The maximum Gasteiger partial charge on any atom is 0.416 e. The van der Waals surface area contributed by atoms with E-state index in [1.54, 1.807) is 0 Å². The van der Waals surface area contributed by atoms with Crippen LogP contribution >= 0.6 is 0 Å². The Labute approximate surface area is 121 Å². The summed E-state index contributed by atoms with van der Waals surface area (Å²) in [6.45, 7) is 0. The van der Waals surface area contributed by atoms with Crippen LogP contribution in [0, 0.1) is 10.1 Å². The molecule has 0 spiro atoms. The van der Waals surface area contributed by atoms with Crippen molar-refractivity contribution in [1.29, 1.82) is 0 Å². The van der Waals surface area contributed by atoms with Crippen molar-refractivity contribution in [1.82, 2.24) is 4.98 Å². The van der Waals surface area contributed by atoms with Crippen molar-refractivity contribution in [2.45, 2.75) is 19.0 Å². The van der Waals surface area contributed by atoms with Gasteiger partial charge < -0.3 is 4.42 Å². The third kappa shape index (κ3) is 2.59. The van der Waals surface area contributed by atoms with E-state index in [4.69, 9.17) is 4.42 Å². The number of hydrogen-bond acceptors (Lipinski definition) is 4. The lowest BCUT2D eigenvalue weighted by Gasteiger charge is -2.11. The molecule has 0 bridgehead atoms. The van der Waals surface area contributed by atoms with E-state index in [0.29, 0.717) is 11.3 Å². The van der Waals surface area contributed by atoms with Crippen LogP contribution in [0.1, 0.15) is 12.1 Å². The summed E-state index contributed by atoms with van der Waals surface area (Å²) < 4.78 is 43.0. The average molecular weight is 310 g/mol. The number of rotatable bonds is 1. The fraction of sp³-hybridized carbons (Fsp3) is 0.214. The van der Waals surface area contributed by atoms with Crippen LogP contribution in [-0.2, 0) is 6.42 Å². The quantitative estimate of drug-likeness (QED) is 0.585. The summed E-state index contributed by atoms with van der Waals surface area (Å²) in [6.07, 6.45) is 1.93. The molecule has 3 rings (SSSR count). The minimum Gasteiger partial charge on any atom is -0.437 e. The van der Waals surface area contributed by atoms with Crippen molar-refractivity contribution in [3.8, 4) is 0 Å². The monoisotopic (exact) mass is 310 g/mol. The summed E-state index contributed by atoms with van der Waals surface area (Å²) >= 11 is 0. The van der Waals surface area contributed by atoms with Gasteiger partial charge in [0.05, 0.1) is 22.3 Å². The highest BCUT2D eigenvalue weighted by atomic mass is 19.4. The molecule has 0 atom stereocenters. The van der Waals surface area contributed by atoms with Crippen molar-refractivity contribution >= 4 is 11.6 Å². The van der Waals surface area contributed by atoms with Crippen LogP contribution in [0.15, 0.2) is 40.0 Å². The van der Waals surface area contributed by atoms with Gasteiger partial charge in [0.15, 0.2) is 5.42 Å². The fourth-order valence-corrected chi connectivity index (χ4v) is 2.20. The maximum atomic E-state index is 12.5. The zero-order valence-corrected chi connectivity index (χ0v) is 11.1. The summed E-state index contributed by atoms with van der Waals surface area (Å²) in [5, 5.41) is 10.7. The molecule has 8 heteroatoms. The van der Waals surface area contributed by atoms with Gasteiger partial charge in [-0.15, -0.1) is 0 Å². The molecule has 0 fully saturated rings. The molecule has 0 unspecified atom stereocenters. The minimum atomic E-state index is -4.38. The van der Waals surface area contributed by atoms with Crippen molar-refractivity contribution in [2.24, 2.45) is 0 Å². The molecule has 1 aromatic rings. The zero-order chi connectivity index (χ0) is 15.9. The van der Waals surface area contributed by atoms with E-state index < -0.39 is 16.7 Å². The van der Waals surface area contributed by atoms with Gasteiger partial charge in [0, 0.05) is 12.0 Å². The lowest BCUT2D eigenvalue weighted by atomic mass is 10.0. The Bertz CT molecular complexity index is 857. The number of hydrogen-bond donors (Lipinski definition) is 0. The van der Waals surface area contributed by atoms with E-state index in [1.807, 2.05) is 0 Å². The van der Waals surface area contributed by atoms with E-state index in [-0.39, 0.29) is 29.5 Å². The van der Waals surface area contributed by atoms with E-state index in [0.717, 1.165) is 12.2 Å². The molecule has 5 nitrogen and oxygen atoms in total. The second kappa shape index (κ2) is 4.97. The van der Waals surface area contributed by atoms with Crippen LogP contribution in [0.2, 0.25) is 0 Å². The standard InChI is InChI=1S/C14H9F3N2O3/c15-14(16,17)9-3-1-8(2-4-9)13-18-11-6-5-10(19(20)21)7-12(11)22-13/h1,3-5,7H,2,6H2. The second-order valence-corrected chi connectivity index (χ2v) is 4.78. The first-order valence-corrected chi connectivity index (χ1v) is 6.35. The molecule has 1 heterocycles. The van der Waals surface area contributed by atoms with Crippen LogP contribution in [-0.4, -0.2) is 16.1 Å². The third-order valence-corrected chi connectivity index (χ3v) is 3.33. The molecule has 0 aliphatic heterocycles. The van der Waals surface area contributed by atoms with Gasteiger partial charge in [-0.05, 0) is 18.6 Å². The number of oxazole rings is 1. The van der Waals surface area contributed by atoms with E-state index in [2.05, 4.69) is 4.98 Å². The number of halogens is 3. The third-order valence-electron chi connectivity index (χ3n) is 3.33. The van der Waals surface area contributed by atoms with Crippen LogP contribution in [0.3, 0.4) is 0 Å². The Morgan fingerprint density at radius 3 is 2.59 bits per heavy atom. The number of fused-ring (bicyclic) bond motifs is 1. The topological polar surface area (TPSA) is 69.2 Å². The van der Waals surface area contributed by atoms with Crippen molar-refractivity contribution < 1.29 is 22.5 Å². The Kier molecular flexibility index (Phi) is 3.23. The Morgan fingerprint density at radius 2 is 2.00 bits per heavy atom. The van der Waals surface area contributed by atoms with Gasteiger partial charge >= 0.3 is 6.18 Å². The Hall–Kier alpha value is -2.64. The highest BCUT2D eigenvalue weighted by Crippen LogP contribution is 2.30. The van der Waals surface area contributed by atoms with Crippen LogP contribution in [0.4, 0.5) is 13.2 Å². The normalized spacial score (nSPS) is 20.0. The fourth-order valence-electron chi connectivity index (χ4n) is 2.20. The first kappa shape index (κ1) is 14.3. The van der Waals surface area contributed by atoms with Crippen molar-refractivity contribution in [2.75, 3.05) is 0 Å². The van der Waals surface area contributed by atoms with E-state index in [1.165, 1.54) is 18.2 Å². The van der Waals surface area contributed by atoms with Gasteiger partial charge in [0.25, 0.3) is 5.70 Å². The molecule has 114 valence electrons. The molecule has 0 saturated heterocycles. The molecule has 2 aliphatic carbocycles. The van der Waals surface area contributed by atoms with Gasteiger partial charge in [0.2, 0.25) is 5.55 Å². The summed E-state index contributed by atoms with van der Waals surface area (Å²) in [5.74, 6) is 0. The highest BCUT2D eigenvalue weighted by molar-refractivity contribution is 5.60. The second-order valence-electron chi connectivity index (χ2n) is 4.78. The predicted molar refractivity (Wildman–Crippen MR) is 70.3 cm³/mol. The number of nitrogens with zero attached hydrogens (tertiary/aromatic N) is 2. The molecule has 0 saturated carbocycles. The van der Waals surface area contributed by atoms with Gasteiger partial charge in [-0.3, -0.25) is 10.1 Å². The largest absolute Gasteiger partial charge is 0.437 e. The molecule has 0 N–H and O–H groups in total. The minimum absolute atomic E-state index is 0.0419. The molecule has 1 aromatic heterocycles. The smallest absolute Gasteiger partial charge is 0.416 e. The lowest BCUT2D eigenvalue weighted by Crippen LogP contribution is -2.14. The Morgan fingerprint density at radius 1 is 1.23 bits per heavy atom. The van der Waals surface area contributed by atoms with Crippen LogP contribution in [0.5, 0.6) is 0 Å². The average Bonchev–Trinajstić information content (AvgIpc) is 2.89. The molecule has 0 aromatic carbocycles. The van der Waals surface area contributed by atoms with E-state index >= 15 is 0 Å². The number of nitro groups is 1. The first-order valence-electron chi connectivity index (χ1n) is 6.35. The van der Waals surface area contributed by atoms with E-state index in [9.17, 15) is 23.3 Å². The van der Waals surface area contributed by atoms with Gasteiger partial charge in [-0.1, -0.05) is 12.2 Å². The van der Waals surface area contributed by atoms with Gasteiger partial charge in [-0.2, -0.15) is 13.2 Å². The molecule has 0 radical (unpaired) electrons. The van der Waals surface area contributed by atoms with Crippen LogP contribution in [0.25, 0.3) is 11.6 Å². The summed E-state index contributed by atoms with van der Waals surface area (Å²) in [4.78, 5) is 14.4. The van der Waals surface area contributed by atoms with Crippen molar-refractivity contribution in [3.05, 3.63) is 62.3 Å². The predicted octanol–water partition coefficient (Wildman–Crippen LogP) is 1.77. The molecule has 2 aliphatic rings. The summed E-state index contributed by atoms with van der Waals surface area (Å²) in [7, 11) is 0. The van der Waals surface area contributed by atoms with Gasteiger partial charge in [0.1, 0.15) is 0 Å². The molecule has 22 heavy (non-hydrogen) atoms. The highest BCUT2D eigenvalue weighted by Gasteiger charge is 2.32. The number of aromatic nitrogens is 1. The SMILES string of the molecule is O=[N+]([O-])C1=CCc2nc(=C3C=CC(C(F)(F)F)=CC3)oc2=C1. The number of allylic oxidation sites excluding steroid dienone is 6. The number of alkyl halides is 3.